The van der Waals surface area contributed by atoms with Crippen LogP contribution >= 0.6 is 0 Å². The highest BCUT2D eigenvalue weighted by Gasteiger charge is 2.16. The lowest BCUT2D eigenvalue weighted by molar-refractivity contribution is 0.0695. The molecule has 3 heteroatoms. The summed E-state index contributed by atoms with van der Waals surface area (Å²) in [7, 11) is 0. The fraction of sp³-hybridized carbons (Fsp3) is 0.316. The number of hydrogen-bond acceptors (Lipinski definition) is 2. The molecular weight excluding hydrogens is 276 g/mol. The molecule has 0 saturated heterocycles. The molecule has 2 rings (SSSR count). The van der Waals surface area contributed by atoms with E-state index in [1.54, 1.807) is 13.0 Å². The maximum Gasteiger partial charge on any atom is 0.336 e. The summed E-state index contributed by atoms with van der Waals surface area (Å²) in [6, 6.07) is 11.7. The summed E-state index contributed by atoms with van der Waals surface area (Å²) in [6.45, 7) is 9.99. The molecular formula is C19H24O3. The summed E-state index contributed by atoms with van der Waals surface area (Å²) in [6.07, 6.45) is 0. The van der Waals surface area contributed by atoms with Crippen LogP contribution in [0.4, 0.5) is 0 Å². The number of ether oxygens (including phenoxy) is 1. The first-order chi connectivity index (χ1) is 10.5. The number of aryl methyl sites for hydroxylation is 1. The van der Waals surface area contributed by atoms with Crippen molar-refractivity contribution in [3.63, 3.8) is 0 Å². The van der Waals surface area contributed by atoms with E-state index in [1.807, 2.05) is 58.0 Å². The van der Waals surface area contributed by atoms with Crippen LogP contribution < -0.4 is 4.74 Å². The van der Waals surface area contributed by atoms with Crippen molar-refractivity contribution in [2.24, 2.45) is 0 Å². The Balaban J connectivity index is 0.00000116. The van der Waals surface area contributed by atoms with Gasteiger partial charge in [-0.15, -0.1) is 0 Å². The Morgan fingerprint density at radius 3 is 2.18 bits per heavy atom. The molecule has 0 heterocycles. The van der Waals surface area contributed by atoms with Gasteiger partial charge in [0.25, 0.3) is 0 Å². The van der Waals surface area contributed by atoms with Gasteiger partial charge in [-0.1, -0.05) is 44.2 Å². The van der Waals surface area contributed by atoms with Crippen LogP contribution in [-0.2, 0) is 6.61 Å². The summed E-state index contributed by atoms with van der Waals surface area (Å²) < 4.78 is 5.83. The standard InChI is InChI=1S/C17H18O3.C2H6/c1-11-9-15(12(2)13(3)16(11)17(18)19)20-10-14-7-5-4-6-8-14;1-2/h4-9H,10H2,1-3H3,(H,18,19);1-2H3. The number of hydrogen-bond donors (Lipinski definition) is 1. The van der Waals surface area contributed by atoms with Crippen molar-refractivity contribution < 1.29 is 14.6 Å². The molecule has 3 nitrogen and oxygen atoms in total. The van der Waals surface area contributed by atoms with Gasteiger partial charge < -0.3 is 9.84 Å². The second kappa shape index (κ2) is 8.23. The molecule has 118 valence electrons. The van der Waals surface area contributed by atoms with Gasteiger partial charge in [-0.2, -0.15) is 0 Å². The minimum absolute atomic E-state index is 0.370. The molecule has 0 saturated carbocycles. The fourth-order valence-corrected chi connectivity index (χ4v) is 2.26. The predicted molar refractivity (Wildman–Crippen MR) is 89.7 cm³/mol. The minimum Gasteiger partial charge on any atom is -0.489 e. The molecule has 0 aliphatic rings. The molecule has 2 aromatic rings. The van der Waals surface area contributed by atoms with E-state index in [9.17, 15) is 9.90 Å². The quantitative estimate of drug-likeness (QED) is 0.872. The van der Waals surface area contributed by atoms with Crippen molar-refractivity contribution in [3.05, 3.63) is 64.2 Å². The Labute approximate surface area is 132 Å². The largest absolute Gasteiger partial charge is 0.489 e. The van der Waals surface area contributed by atoms with Crippen LogP contribution in [0.25, 0.3) is 0 Å². The van der Waals surface area contributed by atoms with Crippen molar-refractivity contribution in [3.8, 4) is 5.75 Å². The SMILES string of the molecule is CC.Cc1cc(OCc2ccccc2)c(C)c(C)c1C(=O)O. The average molecular weight is 300 g/mol. The minimum atomic E-state index is -0.891. The fourth-order valence-electron chi connectivity index (χ4n) is 2.26. The average Bonchev–Trinajstić information content (AvgIpc) is 2.52. The van der Waals surface area contributed by atoms with Gasteiger partial charge in [0.15, 0.2) is 0 Å². The zero-order valence-electron chi connectivity index (χ0n) is 13.9. The van der Waals surface area contributed by atoms with Crippen LogP contribution in [0.5, 0.6) is 5.75 Å². The molecule has 0 aliphatic carbocycles. The Kier molecular flexibility index (Phi) is 6.64. The first kappa shape index (κ1) is 17.8. The van der Waals surface area contributed by atoms with E-state index in [0.29, 0.717) is 12.2 Å². The highest BCUT2D eigenvalue weighted by molar-refractivity contribution is 5.91. The highest BCUT2D eigenvalue weighted by Crippen LogP contribution is 2.28. The van der Waals surface area contributed by atoms with Crippen LogP contribution in [0.2, 0.25) is 0 Å². The smallest absolute Gasteiger partial charge is 0.336 e. The lowest BCUT2D eigenvalue weighted by atomic mass is 9.97. The molecule has 0 atom stereocenters. The third-order valence-corrected chi connectivity index (χ3v) is 3.50. The number of aromatic carboxylic acids is 1. The zero-order chi connectivity index (χ0) is 16.7. The topological polar surface area (TPSA) is 46.5 Å². The predicted octanol–water partition coefficient (Wildman–Crippen LogP) is 4.92. The van der Waals surface area contributed by atoms with E-state index in [1.165, 1.54) is 0 Å². The summed E-state index contributed by atoms with van der Waals surface area (Å²) in [5, 5.41) is 9.23. The highest BCUT2D eigenvalue weighted by atomic mass is 16.5. The van der Waals surface area contributed by atoms with E-state index in [-0.39, 0.29) is 0 Å². The maximum absolute atomic E-state index is 11.2. The van der Waals surface area contributed by atoms with Gasteiger partial charge in [0, 0.05) is 0 Å². The van der Waals surface area contributed by atoms with Crippen molar-refractivity contribution in [1.82, 2.24) is 0 Å². The number of rotatable bonds is 4. The molecule has 22 heavy (non-hydrogen) atoms. The molecule has 0 radical (unpaired) electrons. The van der Waals surface area contributed by atoms with E-state index in [0.717, 1.165) is 28.0 Å². The maximum atomic E-state index is 11.2. The number of carbonyl (C=O) groups is 1. The molecule has 0 aromatic heterocycles. The second-order valence-electron chi connectivity index (χ2n) is 4.90. The van der Waals surface area contributed by atoms with Crippen molar-refractivity contribution in [2.45, 2.75) is 41.2 Å². The number of carboxylic acid groups (broad SMARTS) is 1. The van der Waals surface area contributed by atoms with Crippen LogP contribution in [0.1, 0.15) is 46.5 Å². The van der Waals surface area contributed by atoms with Crippen molar-refractivity contribution >= 4 is 5.97 Å². The molecule has 1 N–H and O–H groups in total. The van der Waals surface area contributed by atoms with Crippen LogP contribution in [0, 0.1) is 20.8 Å². The Morgan fingerprint density at radius 2 is 1.64 bits per heavy atom. The second-order valence-corrected chi connectivity index (χ2v) is 4.90. The molecule has 2 aromatic carbocycles. The van der Waals surface area contributed by atoms with Gasteiger partial charge in [0.2, 0.25) is 0 Å². The van der Waals surface area contributed by atoms with Crippen molar-refractivity contribution in [1.29, 1.82) is 0 Å². The number of carboxylic acids is 1. The van der Waals surface area contributed by atoms with Gasteiger partial charge in [-0.3, -0.25) is 0 Å². The molecule has 0 fully saturated rings. The van der Waals surface area contributed by atoms with E-state index in [2.05, 4.69) is 0 Å². The van der Waals surface area contributed by atoms with E-state index >= 15 is 0 Å². The summed E-state index contributed by atoms with van der Waals surface area (Å²) >= 11 is 0. The zero-order valence-corrected chi connectivity index (χ0v) is 13.9. The van der Waals surface area contributed by atoms with Crippen LogP contribution in [0.15, 0.2) is 36.4 Å². The van der Waals surface area contributed by atoms with E-state index in [4.69, 9.17) is 4.74 Å². The molecule has 0 spiro atoms. The molecule has 0 aliphatic heterocycles. The van der Waals surface area contributed by atoms with Gasteiger partial charge in [-0.25, -0.2) is 4.79 Å². The van der Waals surface area contributed by atoms with Crippen LogP contribution in [0.3, 0.4) is 0 Å². The third-order valence-electron chi connectivity index (χ3n) is 3.50. The Bertz CT molecular complexity index is 631. The Morgan fingerprint density at radius 1 is 1.05 bits per heavy atom. The Hall–Kier alpha value is -2.29. The summed E-state index contributed by atoms with van der Waals surface area (Å²) in [4.78, 5) is 11.2. The summed E-state index contributed by atoms with van der Waals surface area (Å²) in [5.41, 5.74) is 3.83. The van der Waals surface area contributed by atoms with E-state index < -0.39 is 5.97 Å². The first-order valence-electron chi connectivity index (χ1n) is 7.51. The normalized spacial score (nSPS) is 9.68. The third kappa shape index (κ3) is 4.10. The lowest BCUT2D eigenvalue weighted by Crippen LogP contribution is -2.07. The first-order valence-corrected chi connectivity index (χ1v) is 7.51. The molecule has 0 bridgehead atoms. The van der Waals surface area contributed by atoms with Gasteiger partial charge in [0.05, 0.1) is 5.56 Å². The molecule has 0 amide bonds. The van der Waals surface area contributed by atoms with Crippen molar-refractivity contribution in [2.75, 3.05) is 0 Å². The van der Waals surface area contributed by atoms with Gasteiger partial charge in [-0.05, 0) is 49.1 Å². The van der Waals surface area contributed by atoms with Crippen LogP contribution in [-0.4, -0.2) is 11.1 Å². The summed E-state index contributed by atoms with van der Waals surface area (Å²) in [5.74, 6) is -0.147. The monoisotopic (exact) mass is 300 g/mol. The number of benzene rings is 2. The lowest BCUT2D eigenvalue weighted by Gasteiger charge is -2.15. The molecule has 0 unspecified atom stereocenters. The van der Waals surface area contributed by atoms with Gasteiger partial charge >= 0.3 is 5.97 Å². The van der Waals surface area contributed by atoms with Gasteiger partial charge in [0.1, 0.15) is 12.4 Å².